The Kier molecular flexibility index (Phi) is 4.23. The lowest BCUT2D eigenvalue weighted by molar-refractivity contribution is 0.124. The zero-order valence-electron chi connectivity index (χ0n) is 14.8. The number of rotatable bonds is 1. The Morgan fingerprint density at radius 1 is 0.880 bits per heavy atom. The molecule has 4 rings (SSSR count). The van der Waals surface area contributed by atoms with E-state index in [1.807, 2.05) is 30.3 Å². The Morgan fingerprint density at radius 2 is 1.52 bits per heavy atom. The summed E-state index contributed by atoms with van der Waals surface area (Å²) in [6.45, 7) is 2.29. The van der Waals surface area contributed by atoms with E-state index in [0.717, 1.165) is 31.2 Å². The van der Waals surface area contributed by atoms with E-state index in [-0.39, 0.29) is 11.3 Å². The predicted molar refractivity (Wildman–Crippen MR) is 101 cm³/mol. The summed E-state index contributed by atoms with van der Waals surface area (Å²) < 4.78 is 26.6. The summed E-state index contributed by atoms with van der Waals surface area (Å²) in [6.07, 6.45) is 5.60. The average molecular weight is 355 g/mol. The fraction of sp³-hybridized carbons (Fsp3) is 0.455. The van der Waals surface area contributed by atoms with Crippen LogP contribution in [0, 0.1) is 11.3 Å². The van der Waals surface area contributed by atoms with Gasteiger partial charge in [0.25, 0.3) is 0 Å². The summed E-state index contributed by atoms with van der Waals surface area (Å²) in [6, 6.07) is 18.2. The summed E-state index contributed by atoms with van der Waals surface area (Å²) in [5, 5.41) is 0. The van der Waals surface area contributed by atoms with E-state index in [0.29, 0.717) is 16.6 Å². The molecule has 0 aromatic heterocycles. The molecule has 1 aliphatic carbocycles. The monoisotopic (exact) mass is 354 g/mol. The molecule has 0 N–H and O–H groups in total. The Morgan fingerprint density at radius 3 is 2.24 bits per heavy atom. The molecule has 2 aromatic rings. The van der Waals surface area contributed by atoms with Crippen LogP contribution in [0.5, 0.6) is 0 Å². The highest BCUT2D eigenvalue weighted by molar-refractivity contribution is 7.91. The Hall–Kier alpha value is -1.61. The summed E-state index contributed by atoms with van der Waals surface area (Å²) in [7, 11) is -3.26. The summed E-state index contributed by atoms with van der Waals surface area (Å²) >= 11 is 0. The number of benzene rings is 2. The van der Waals surface area contributed by atoms with Gasteiger partial charge in [-0.2, -0.15) is 0 Å². The number of hydrogen-bond acceptors (Lipinski definition) is 2. The first-order valence-electron chi connectivity index (χ1n) is 9.40. The molecule has 132 valence electrons. The molecule has 2 atom stereocenters. The second kappa shape index (κ2) is 6.28. The smallest absolute Gasteiger partial charge is 0.179 e. The van der Waals surface area contributed by atoms with Crippen molar-refractivity contribution in [1.29, 1.82) is 0 Å². The second-order valence-electron chi connectivity index (χ2n) is 7.90. The van der Waals surface area contributed by atoms with Crippen molar-refractivity contribution in [3.63, 3.8) is 0 Å². The average Bonchev–Trinajstić information content (AvgIpc) is 2.69. The molecule has 1 heterocycles. The highest BCUT2D eigenvalue weighted by Crippen LogP contribution is 2.54. The van der Waals surface area contributed by atoms with Crippen LogP contribution in [0.3, 0.4) is 0 Å². The SMILES string of the molecule is C[C@@H]1[C@H](c2ccccc2)c2ccccc2S(=O)(=O)CC12CCCCC2. The van der Waals surface area contributed by atoms with E-state index in [1.165, 1.54) is 12.0 Å². The fourth-order valence-corrected chi connectivity index (χ4v) is 7.52. The molecule has 0 radical (unpaired) electrons. The van der Waals surface area contributed by atoms with Crippen molar-refractivity contribution in [2.24, 2.45) is 11.3 Å². The molecule has 2 nitrogen and oxygen atoms in total. The van der Waals surface area contributed by atoms with Crippen LogP contribution in [0.4, 0.5) is 0 Å². The van der Waals surface area contributed by atoms with Gasteiger partial charge in [0.1, 0.15) is 0 Å². The minimum atomic E-state index is -3.26. The lowest BCUT2D eigenvalue weighted by Gasteiger charge is -2.44. The van der Waals surface area contributed by atoms with Crippen LogP contribution >= 0.6 is 0 Å². The summed E-state index contributed by atoms with van der Waals surface area (Å²) in [5.41, 5.74) is 2.13. The van der Waals surface area contributed by atoms with E-state index in [4.69, 9.17) is 0 Å². The maximum Gasteiger partial charge on any atom is 0.179 e. The first kappa shape index (κ1) is 16.8. The summed E-state index contributed by atoms with van der Waals surface area (Å²) in [4.78, 5) is 0.554. The molecule has 1 spiro atoms. The molecule has 2 aliphatic rings. The van der Waals surface area contributed by atoms with Crippen LogP contribution in [0.25, 0.3) is 0 Å². The van der Waals surface area contributed by atoms with Gasteiger partial charge in [0.05, 0.1) is 10.6 Å². The molecule has 1 fully saturated rings. The largest absolute Gasteiger partial charge is 0.224 e. The van der Waals surface area contributed by atoms with Gasteiger partial charge in [-0.3, -0.25) is 0 Å². The van der Waals surface area contributed by atoms with Gasteiger partial charge in [-0.1, -0.05) is 74.7 Å². The molecule has 0 amide bonds. The molecule has 0 bridgehead atoms. The quantitative estimate of drug-likeness (QED) is 0.706. The number of hydrogen-bond donors (Lipinski definition) is 0. The first-order valence-corrected chi connectivity index (χ1v) is 11.1. The number of fused-ring (bicyclic) bond motifs is 1. The third-order valence-electron chi connectivity index (χ3n) is 6.54. The normalized spacial score (nSPS) is 27.4. The van der Waals surface area contributed by atoms with Gasteiger partial charge in [-0.15, -0.1) is 0 Å². The van der Waals surface area contributed by atoms with Gasteiger partial charge in [0, 0.05) is 5.92 Å². The number of sulfone groups is 1. The topological polar surface area (TPSA) is 34.1 Å². The Bertz CT molecular complexity index is 849. The van der Waals surface area contributed by atoms with Crippen LogP contribution in [0.15, 0.2) is 59.5 Å². The van der Waals surface area contributed by atoms with Crippen LogP contribution in [-0.4, -0.2) is 14.2 Å². The lowest BCUT2D eigenvalue weighted by atomic mass is 9.61. The maximum atomic E-state index is 13.3. The standard InChI is InChI=1S/C22H26O2S/c1-17-21(18-10-4-2-5-11-18)19-12-6-7-13-20(19)25(23,24)16-22(17)14-8-3-9-15-22/h2,4-7,10-13,17,21H,3,8-9,14-16H2,1H3/t17-,21-/m1/s1. The Labute approximate surface area is 151 Å². The van der Waals surface area contributed by atoms with Gasteiger partial charge in [-0.05, 0) is 41.4 Å². The summed E-state index contributed by atoms with van der Waals surface area (Å²) in [5.74, 6) is 0.767. The highest BCUT2D eigenvalue weighted by Gasteiger charge is 2.48. The van der Waals surface area contributed by atoms with Crippen molar-refractivity contribution in [3.05, 3.63) is 65.7 Å². The van der Waals surface area contributed by atoms with Crippen molar-refractivity contribution >= 4 is 9.84 Å². The minimum absolute atomic E-state index is 0.101. The predicted octanol–water partition coefficient (Wildman–Crippen LogP) is 5.19. The van der Waals surface area contributed by atoms with Gasteiger partial charge >= 0.3 is 0 Å². The van der Waals surface area contributed by atoms with Crippen LogP contribution in [-0.2, 0) is 9.84 Å². The van der Waals surface area contributed by atoms with E-state index in [9.17, 15) is 8.42 Å². The molecule has 1 aliphatic heterocycles. The first-order chi connectivity index (χ1) is 12.0. The fourth-order valence-electron chi connectivity index (χ4n) is 5.22. The van der Waals surface area contributed by atoms with Gasteiger partial charge in [-0.25, -0.2) is 8.42 Å². The molecule has 0 unspecified atom stereocenters. The Balaban J connectivity index is 1.96. The van der Waals surface area contributed by atoms with Crippen molar-refractivity contribution in [1.82, 2.24) is 0 Å². The van der Waals surface area contributed by atoms with Gasteiger partial charge in [0.15, 0.2) is 9.84 Å². The zero-order valence-corrected chi connectivity index (χ0v) is 15.6. The molecule has 3 heteroatoms. The van der Waals surface area contributed by atoms with Crippen LogP contribution in [0.1, 0.15) is 56.1 Å². The minimum Gasteiger partial charge on any atom is -0.224 e. The highest BCUT2D eigenvalue weighted by atomic mass is 32.2. The molecular formula is C22H26O2S. The molecular weight excluding hydrogens is 328 g/mol. The van der Waals surface area contributed by atoms with E-state index < -0.39 is 9.84 Å². The van der Waals surface area contributed by atoms with Crippen LogP contribution in [0.2, 0.25) is 0 Å². The third-order valence-corrected chi connectivity index (χ3v) is 8.54. The maximum absolute atomic E-state index is 13.3. The molecule has 25 heavy (non-hydrogen) atoms. The van der Waals surface area contributed by atoms with Crippen LogP contribution < -0.4 is 0 Å². The van der Waals surface area contributed by atoms with Crippen molar-refractivity contribution in [2.45, 2.75) is 49.8 Å². The van der Waals surface area contributed by atoms with Crippen molar-refractivity contribution < 1.29 is 8.42 Å². The molecule has 1 saturated carbocycles. The zero-order chi connectivity index (χ0) is 17.5. The van der Waals surface area contributed by atoms with E-state index in [2.05, 4.69) is 31.2 Å². The van der Waals surface area contributed by atoms with Crippen molar-refractivity contribution in [2.75, 3.05) is 5.75 Å². The van der Waals surface area contributed by atoms with Gasteiger partial charge < -0.3 is 0 Å². The molecule has 2 aromatic carbocycles. The second-order valence-corrected chi connectivity index (χ2v) is 9.85. The van der Waals surface area contributed by atoms with E-state index in [1.54, 1.807) is 0 Å². The molecule has 0 saturated heterocycles. The third kappa shape index (κ3) is 2.83. The van der Waals surface area contributed by atoms with Crippen molar-refractivity contribution in [3.8, 4) is 0 Å². The lowest BCUT2D eigenvalue weighted by Crippen LogP contribution is -2.39. The van der Waals surface area contributed by atoms with E-state index >= 15 is 0 Å². The van der Waals surface area contributed by atoms with Gasteiger partial charge in [0.2, 0.25) is 0 Å².